The van der Waals surface area contributed by atoms with Gasteiger partial charge in [0.1, 0.15) is 11.9 Å². The summed E-state index contributed by atoms with van der Waals surface area (Å²) in [4.78, 5) is 4.28. The Hall–Kier alpha value is -2.05. The Morgan fingerprint density at radius 2 is 1.90 bits per heavy atom. The Labute approximate surface area is 128 Å². The summed E-state index contributed by atoms with van der Waals surface area (Å²) in [5, 5.41) is 3.89. The molecule has 2 N–H and O–H groups in total. The third-order valence-electron chi connectivity index (χ3n) is 3.04. The molecule has 2 aromatic carbocycles. The van der Waals surface area contributed by atoms with Gasteiger partial charge in [0, 0.05) is 5.56 Å². The fourth-order valence-electron chi connectivity index (χ4n) is 1.92. The molecule has 3 rings (SSSR count). The van der Waals surface area contributed by atoms with Gasteiger partial charge in [0.05, 0.1) is 4.47 Å². The number of nitrogens with two attached hydrogens (primary N) is 1. The van der Waals surface area contributed by atoms with Crippen LogP contribution in [0.5, 0.6) is 0 Å². The van der Waals surface area contributed by atoms with E-state index in [1.807, 2.05) is 30.3 Å². The van der Waals surface area contributed by atoms with E-state index in [0.29, 0.717) is 21.8 Å². The van der Waals surface area contributed by atoms with Crippen molar-refractivity contribution in [2.45, 2.75) is 6.04 Å². The van der Waals surface area contributed by atoms with Gasteiger partial charge in [0.15, 0.2) is 0 Å². The van der Waals surface area contributed by atoms with Crippen LogP contribution in [0.2, 0.25) is 0 Å². The zero-order valence-electron chi connectivity index (χ0n) is 10.8. The largest absolute Gasteiger partial charge is 0.337 e. The maximum absolute atomic E-state index is 13.2. The molecule has 0 saturated heterocycles. The molecule has 0 spiro atoms. The molecule has 106 valence electrons. The smallest absolute Gasteiger partial charge is 0.248 e. The zero-order chi connectivity index (χ0) is 14.8. The molecule has 21 heavy (non-hydrogen) atoms. The van der Waals surface area contributed by atoms with Gasteiger partial charge in [-0.15, -0.1) is 0 Å². The highest BCUT2D eigenvalue weighted by atomic mass is 79.9. The van der Waals surface area contributed by atoms with E-state index in [9.17, 15) is 4.39 Å². The summed E-state index contributed by atoms with van der Waals surface area (Å²) in [5.41, 5.74) is 7.63. The van der Waals surface area contributed by atoms with Gasteiger partial charge >= 0.3 is 0 Å². The normalized spacial score (nSPS) is 12.3. The van der Waals surface area contributed by atoms with Gasteiger partial charge in [-0.25, -0.2) is 4.39 Å². The number of halogens is 2. The van der Waals surface area contributed by atoms with Gasteiger partial charge in [-0.3, -0.25) is 0 Å². The van der Waals surface area contributed by atoms with Crippen molar-refractivity contribution in [2.24, 2.45) is 5.73 Å². The number of aromatic nitrogens is 2. The minimum absolute atomic E-state index is 0.316. The molecule has 0 aliphatic heterocycles. The number of rotatable bonds is 3. The lowest BCUT2D eigenvalue weighted by Crippen LogP contribution is -2.11. The molecule has 1 aromatic heterocycles. The van der Waals surface area contributed by atoms with Crippen LogP contribution in [-0.2, 0) is 0 Å². The van der Waals surface area contributed by atoms with Crippen molar-refractivity contribution in [1.82, 2.24) is 10.1 Å². The van der Waals surface area contributed by atoms with E-state index in [4.69, 9.17) is 10.3 Å². The molecule has 0 aliphatic carbocycles. The van der Waals surface area contributed by atoms with E-state index in [-0.39, 0.29) is 5.82 Å². The maximum Gasteiger partial charge on any atom is 0.248 e. The van der Waals surface area contributed by atoms with Crippen LogP contribution >= 0.6 is 15.9 Å². The fourth-order valence-corrected chi connectivity index (χ4v) is 2.30. The lowest BCUT2D eigenvalue weighted by Gasteiger charge is -2.05. The van der Waals surface area contributed by atoms with Crippen LogP contribution in [0.1, 0.15) is 17.5 Å². The quantitative estimate of drug-likeness (QED) is 0.784. The summed E-state index contributed by atoms with van der Waals surface area (Å²) >= 11 is 3.13. The van der Waals surface area contributed by atoms with Crippen LogP contribution in [-0.4, -0.2) is 10.1 Å². The van der Waals surface area contributed by atoms with Crippen molar-refractivity contribution >= 4 is 15.9 Å². The SMILES string of the molecule is N[C@@H](c1ccccc1)c1nc(-c2ccc(F)c(Br)c2)no1. The Bertz CT molecular complexity index is 761. The van der Waals surface area contributed by atoms with Gasteiger partial charge < -0.3 is 10.3 Å². The highest BCUT2D eigenvalue weighted by molar-refractivity contribution is 9.10. The first-order valence-electron chi connectivity index (χ1n) is 6.24. The molecule has 1 heterocycles. The van der Waals surface area contributed by atoms with Crippen LogP contribution in [0.4, 0.5) is 4.39 Å². The van der Waals surface area contributed by atoms with Crippen LogP contribution in [0.25, 0.3) is 11.4 Å². The van der Waals surface area contributed by atoms with Crippen molar-refractivity contribution in [3.63, 3.8) is 0 Å². The summed E-state index contributed by atoms with van der Waals surface area (Å²) in [5.74, 6) is 0.345. The van der Waals surface area contributed by atoms with Crippen molar-refractivity contribution in [3.05, 3.63) is 70.3 Å². The Kier molecular flexibility index (Phi) is 3.81. The average Bonchev–Trinajstić information content (AvgIpc) is 3.00. The average molecular weight is 348 g/mol. The Morgan fingerprint density at radius 3 is 2.62 bits per heavy atom. The monoisotopic (exact) mass is 347 g/mol. The highest BCUT2D eigenvalue weighted by Gasteiger charge is 2.17. The minimum Gasteiger partial charge on any atom is -0.337 e. The summed E-state index contributed by atoms with van der Waals surface area (Å²) in [6.45, 7) is 0. The molecular weight excluding hydrogens is 337 g/mol. The van der Waals surface area contributed by atoms with E-state index < -0.39 is 6.04 Å². The summed E-state index contributed by atoms with van der Waals surface area (Å²) < 4.78 is 18.8. The lowest BCUT2D eigenvalue weighted by atomic mass is 10.1. The van der Waals surface area contributed by atoms with Crippen LogP contribution in [0, 0.1) is 5.82 Å². The van der Waals surface area contributed by atoms with Crippen molar-refractivity contribution in [3.8, 4) is 11.4 Å². The first-order valence-corrected chi connectivity index (χ1v) is 7.04. The summed E-state index contributed by atoms with van der Waals surface area (Å²) in [7, 11) is 0. The topological polar surface area (TPSA) is 64.9 Å². The predicted octanol–water partition coefficient (Wildman–Crippen LogP) is 3.69. The third-order valence-corrected chi connectivity index (χ3v) is 3.65. The molecule has 0 unspecified atom stereocenters. The van der Waals surface area contributed by atoms with Gasteiger partial charge in [0.2, 0.25) is 11.7 Å². The third kappa shape index (κ3) is 2.86. The lowest BCUT2D eigenvalue weighted by molar-refractivity contribution is 0.367. The number of hydrogen-bond acceptors (Lipinski definition) is 4. The van der Waals surface area contributed by atoms with E-state index >= 15 is 0 Å². The molecule has 0 bridgehead atoms. The molecular formula is C15H11BrFN3O. The second-order valence-electron chi connectivity index (χ2n) is 4.47. The Balaban J connectivity index is 1.91. The first kappa shape index (κ1) is 13.9. The molecule has 0 amide bonds. The van der Waals surface area contributed by atoms with Crippen molar-refractivity contribution in [1.29, 1.82) is 0 Å². The predicted molar refractivity (Wildman–Crippen MR) is 79.9 cm³/mol. The number of nitrogens with zero attached hydrogens (tertiary/aromatic N) is 2. The number of benzene rings is 2. The molecule has 6 heteroatoms. The highest BCUT2D eigenvalue weighted by Crippen LogP contribution is 2.25. The second kappa shape index (κ2) is 5.75. The van der Waals surface area contributed by atoms with Gasteiger partial charge in [-0.2, -0.15) is 4.98 Å². The number of hydrogen-bond donors (Lipinski definition) is 1. The van der Waals surface area contributed by atoms with Crippen LogP contribution in [0.3, 0.4) is 0 Å². The molecule has 0 aliphatic rings. The van der Waals surface area contributed by atoms with Gasteiger partial charge in [0.25, 0.3) is 0 Å². The standard InChI is InChI=1S/C15H11BrFN3O/c16-11-8-10(6-7-12(11)17)14-19-15(21-20-14)13(18)9-4-2-1-3-5-9/h1-8,13H,18H2/t13-/m0/s1. The molecule has 0 saturated carbocycles. The van der Waals surface area contributed by atoms with E-state index in [1.54, 1.807) is 12.1 Å². The van der Waals surface area contributed by atoms with Gasteiger partial charge in [-0.1, -0.05) is 35.5 Å². The van der Waals surface area contributed by atoms with E-state index in [1.165, 1.54) is 6.07 Å². The van der Waals surface area contributed by atoms with Crippen molar-refractivity contribution in [2.75, 3.05) is 0 Å². The zero-order valence-corrected chi connectivity index (χ0v) is 12.4. The van der Waals surface area contributed by atoms with E-state index in [0.717, 1.165) is 5.56 Å². The summed E-state index contributed by atoms with van der Waals surface area (Å²) in [6.07, 6.45) is 0. The minimum atomic E-state index is -0.490. The van der Waals surface area contributed by atoms with Crippen LogP contribution < -0.4 is 5.73 Å². The van der Waals surface area contributed by atoms with E-state index in [2.05, 4.69) is 26.1 Å². The maximum atomic E-state index is 13.2. The molecule has 0 fully saturated rings. The Morgan fingerprint density at radius 1 is 1.14 bits per heavy atom. The molecule has 1 atom stereocenters. The summed E-state index contributed by atoms with van der Waals surface area (Å²) in [6, 6.07) is 13.5. The van der Waals surface area contributed by atoms with Crippen LogP contribution in [0.15, 0.2) is 57.5 Å². The second-order valence-corrected chi connectivity index (χ2v) is 5.33. The first-order chi connectivity index (χ1) is 10.1. The van der Waals surface area contributed by atoms with Crippen molar-refractivity contribution < 1.29 is 8.91 Å². The van der Waals surface area contributed by atoms with Gasteiger partial charge in [-0.05, 0) is 39.7 Å². The molecule has 4 nitrogen and oxygen atoms in total. The molecule has 0 radical (unpaired) electrons. The fraction of sp³-hybridized carbons (Fsp3) is 0.0667. The molecule has 3 aromatic rings.